The Hall–Kier alpha value is -2.32. The van der Waals surface area contributed by atoms with Gasteiger partial charge in [-0.25, -0.2) is 4.98 Å². The summed E-state index contributed by atoms with van der Waals surface area (Å²) in [7, 11) is 0. The van der Waals surface area contributed by atoms with Crippen LogP contribution in [0.2, 0.25) is 0 Å². The van der Waals surface area contributed by atoms with E-state index >= 15 is 0 Å². The molecule has 1 nitrogen and oxygen atoms in total. The van der Waals surface area contributed by atoms with Crippen molar-refractivity contribution in [3.63, 3.8) is 0 Å². The SMILES string of the molecule is C=C(c1ccccc1)c1cccnc1SC(C)c1ccccc1. The number of benzene rings is 2. The average Bonchev–Trinajstić information content (AvgIpc) is 2.63. The first-order valence-corrected chi connectivity index (χ1v) is 8.55. The summed E-state index contributed by atoms with van der Waals surface area (Å²) in [6.45, 7) is 6.49. The van der Waals surface area contributed by atoms with Crippen molar-refractivity contribution in [2.75, 3.05) is 0 Å². The van der Waals surface area contributed by atoms with Crippen LogP contribution in [0.25, 0.3) is 5.57 Å². The number of pyridine rings is 1. The van der Waals surface area contributed by atoms with Crippen molar-refractivity contribution in [3.8, 4) is 0 Å². The number of nitrogens with zero attached hydrogens (tertiary/aromatic N) is 1. The van der Waals surface area contributed by atoms with Crippen LogP contribution in [0.1, 0.15) is 28.9 Å². The van der Waals surface area contributed by atoms with Crippen LogP contribution in [0.4, 0.5) is 0 Å². The predicted octanol–water partition coefficient (Wildman–Crippen LogP) is 6.00. The second-order valence-corrected chi connectivity index (χ2v) is 6.70. The fourth-order valence-corrected chi connectivity index (χ4v) is 3.54. The molecule has 1 unspecified atom stereocenters. The first kappa shape index (κ1) is 15.6. The summed E-state index contributed by atoms with van der Waals surface area (Å²) in [6.07, 6.45) is 1.85. The smallest absolute Gasteiger partial charge is 0.104 e. The molecule has 3 rings (SSSR count). The Morgan fingerprint density at radius 3 is 2.26 bits per heavy atom. The van der Waals surface area contributed by atoms with Crippen LogP contribution in [0.15, 0.2) is 90.6 Å². The van der Waals surface area contributed by atoms with Gasteiger partial charge in [0.1, 0.15) is 5.03 Å². The summed E-state index contributed by atoms with van der Waals surface area (Å²) >= 11 is 1.77. The Kier molecular flexibility index (Phi) is 4.94. The summed E-state index contributed by atoms with van der Waals surface area (Å²) in [6, 6.07) is 24.9. The molecule has 0 saturated heterocycles. The first-order chi connectivity index (χ1) is 11.3. The molecule has 0 N–H and O–H groups in total. The van der Waals surface area contributed by atoms with Gasteiger partial charge in [0.2, 0.25) is 0 Å². The predicted molar refractivity (Wildman–Crippen MR) is 99.5 cm³/mol. The zero-order valence-electron chi connectivity index (χ0n) is 13.1. The zero-order chi connectivity index (χ0) is 16.1. The zero-order valence-corrected chi connectivity index (χ0v) is 14.0. The lowest BCUT2D eigenvalue weighted by Crippen LogP contribution is -1.95. The second-order valence-electron chi connectivity index (χ2n) is 5.37. The number of rotatable bonds is 5. The van der Waals surface area contributed by atoms with E-state index in [2.05, 4.69) is 61.0 Å². The van der Waals surface area contributed by atoms with E-state index in [9.17, 15) is 0 Å². The molecule has 0 aliphatic carbocycles. The lowest BCUT2D eigenvalue weighted by atomic mass is 10.0. The van der Waals surface area contributed by atoms with Gasteiger partial charge in [0, 0.05) is 17.0 Å². The Bertz CT molecular complexity index is 781. The van der Waals surface area contributed by atoms with E-state index in [0.717, 1.165) is 21.7 Å². The van der Waals surface area contributed by atoms with Crippen molar-refractivity contribution >= 4 is 17.3 Å². The van der Waals surface area contributed by atoms with E-state index in [1.807, 2.05) is 36.5 Å². The van der Waals surface area contributed by atoms with E-state index in [4.69, 9.17) is 0 Å². The molecule has 23 heavy (non-hydrogen) atoms. The summed E-state index contributed by atoms with van der Waals surface area (Å²) < 4.78 is 0. The Labute approximate surface area is 142 Å². The molecule has 0 bridgehead atoms. The average molecular weight is 317 g/mol. The van der Waals surface area contributed by atoms with E-state index in [1.165, 1.54) is 5.56 Å². The highest BCUT2D eigenvalue weighted by atomic mass is 32.2. The third-order valence-electron chi connectivity index (χ3n) is 3.78. The van der Waals surface area contributed by atoms with E-state index < -0.39 is 0 Å². The fourth-order valence-electron chi connectivity index (χ4n) is 2.47. The number of thioether (sulfide) groups is 1. The maximum Gasteiger partial charge on any atom is 0.104 e. The molecular weight excluding hydrogens is 298 g/mol. The standard InChI is InChI=1S/C21H19NS/c1-16(18-10-5-3-6-11-18)20-14-9-15-22-21(20)23-17(2)19-12-7-4-8-13-19/h3-15,17H,1H2,2H3. The number of hydrogen-bond acceptors (Lipinski definition) is 2. The molecule has 2 heteroatoms. The van der Waals surface area contributed by atoms with Gasteiger partial charge in [-0.05, 0) is 29.7 Å². The van der Waals surface area contributed by atoms with Crippen LogP contribution in [0.5, 0.6) is 0 Å². The van der Waals surface area contributed by atoms with Gasteiger partial charge in [-0.15, -0.1) is 0 Å². The third-order valence-corrected chi connectivity index (χ3v) is 4.95. The maximum atomic E-state index is 4.59. The molecule has 0 radical (unpaired) electrons. The molecule has 114 valence electrons. The van der Waals surface area contributed by atoms with Gasteiger partial charge >= 0.3 is 0 Å². The highest BCUT2D eigenvalue weighted by Gasteiger charge is 2.13. The minimum absolute atomic E-state index is 0.341. The van der Waals surface area contributed by atoms with Crippen LogP contribution < -0.4 is 0 Å². The molecule has 0 aliphatic rings. The van der Waals surface area contributed by atoms with Crippen molar-refractivity contribution in [2.24, 2.45) is 0 Å². The molecule has 1 heterocycles. The van der Waals surface area contributed by atoms with Crippen LogP contribution in [-0.2, 0) is 0 Å². The summed E-state index contributed by atoms with van der Waals surface area (Å²) in [5.74, 6) is 0. The summed E-state index contributed by atoms with van der Waals surface area (Å²) in [5.41, 5.74) is 4.56. The molecule has 0 saturated carbocycles. The normalized spacial score (nSPS) is 11.9. The second kappa shape index (κ2) is 7.30. The maximum absolute atomic E-state index is 4.59. The largest absolute Gasteiger partial charge is 0.249 e. The number of aromatic nitrogens is 1. The molecule has 0 amide bonds. The van der Waals surface area contributed by atoms with Gasteiger partial charge in [0.25, 0.3) is 0 Å². The van der Waals surface area contributed by atoms with E-state index in [0.29, 0.717) is 5.25 Å². The molecule has 2 aromatic carbocycles. The van der Waals surface area contributed by atoms with Crippen molar-refractivity contribution in [1.29, 1.82) is 0 Å². The van der Waals surface area contributed by atoms with Crippen LogP contribution >= 0.6 is 11.8 Å². The van der Waals surface area contributed by atoms with Gasteiger partial charge in [-0.2, -0.15) is 0 Å². The fraction of sp³-hybridized carbons (Fsp3) is 0.0952. The van der Waals surface area contributed by atoms with Crippen LogP contribution in [0.3, 0.4) is 0 Å². The highest BCUT2D eigenvalue weighted by molar-refractivity contribution is 7.99. The van der Waals surface area contributed by atoms with Gasteiger partial charge in [0.05, 0.1) is 0 Å². The summed E-state index contributed by atoms with van der Waals surface area (Å²) in [4.78, 5) is 4.59. The Morgan fingerprint density at radius 1 is 0.913 bits per heavy atom. The topological polar surface area (TPSA) is 12.9 Å². The first-order valence-electron chi connectivity index (χ1n) is 7.67. The van der Waals surface area contributed by atoms with Crippen LogP contribution in [0, 0.1) is 0 Å². The van der Waals surface area contributed by atoms with Crippen molar-refractivity contribution < 1.29 is 0 Å². The Balaban J connectivity index is 1.88. The lowest BCUT2D eigenvalue weighted by molar-refractivity contribution is 1.05. The molecule has 3 aromatic rings. The molecule has 0 aliphatic heterocycles. The van der Waals surface area contributed by atoms with Crippen LogP contribution in [-0.4, -0.2) is 4.98 Å². The number of hydrogen-bond donors (Lipinski definition) is 0. The molecular formula is C21H19NS. The van der Waals surface area contributed by atoms with Crippen molar-refractivity contribution in [1.82, 2.24) is 4.98 Å². The van der Waals surface area contributed by atoms with Crippen molar-refractivity contribution in [3.05, 3.63) is 102 Å². The molecule has 0 spiro atoms. The third kappa shape index (κ3) is 3.72. The lowest BCUT2D eigenvalue weighted by Gasteiger charge is -2.15. The Morgan fingerprint density at radius 2 is 1.57 bits per heavy atom. The molecule has 1 aromatic heterocycles. The van der Waals surface area contributed by atoms with Gasteiger partial charge in [-0.3, -0.25) is 0 Å². The minimum atomic E-state index is 0.341. The minimum Gasteiger partial charge on any atom is -0.249 e. The van der Waals surface area contributed by atoms with Gasteiger partial charge in [0.15, 0.2) is 0 Å². The molecule has 0 fully saturated rings. The monoisotopic (exact) mass is 317 g/mol. The van der Waals surface area contributed by atoms with Gasteiger partial charge < -0.3 is 0 Å². The van der Waals surface area contributed by atoms with E-state index in [1.54, 1.807) is 11.8 Å². The van der Waals surface area contributed by atoms with Gasteiger partial charge in [-0.1, -0.05) is 85.1 Å². The quantitative estimate of drug-likeness (QED) is 0.536. The highest BCUT2D eigenvalue weighted by Crippen LogP contribution is 2.38. The molecule has 1 atom stereocenters. The van der Waals surface area contributed by atoms with E-state index in [-0.39, 0.29) is 0 Å². The summed E-state index contributed by atoms with van der Waals surface area (Å²) in [5, 5.41) is 1.37. The van der Waals surface area contributed by atoms with Crippen molar-refractivity contribution in [2.45, 2.75) is 17.2 Å².